The molecule has 1 aliphatic rings. The van der Waals surface area contributed by atoms with Crippen molar-refractivity contribution in [1.29, 1.82) is 0 Å². The molecule has 2 rings (SSSR count). The molecule has 0 spiro atoms. The molecule has 0 saturated heterocycles. The number of nitrogens with zero attached hydrogens (tertiary/aromatic N) is 2. The van der Waals surface area contributed by atoms with E-state index in [4.69, 9.17) is 34.3 Å². The van der Waals surface area contributed by atoms with E-state index in [1.165, 1.54) is 0 Å². The number of rotatable bonds is 3. The maximum Gasteiger partial charge on any atom is 0.214 e. The van der Waals surface area contributed by atoms with Crippen LogP contribution in [0.5, 0.6) is 0 Å². The Morgan fingerprint density at radius 2 is 2.05 bits per heavy atom. The first-order chi connectivity index (χ1) is 8.91. The predicted molar refractivity (Wildman–Crippen MR) is 68.7 cm³/mol. The predicted octanol–water partition coefficient (Wildman–Crippen LogP) is -2.68. The zero-order valence-electron chi connectivity index (χ0n) is 10.1. The molecule has 9 nitrogen and oxygen atoms in total. The van der Waals surface area contributed by atoms with Crippen molar-refractivity contribution in [2.45, 2.75) is 43.4 Å². The number of hydrogen-bond acceptors (Lipinski definition) is 8. The van der Waals surface area contributed by atoms with Gasteiger partial charge < -0.3 is 32.3 Å². The number of nitrogens with two attached hydrogens (primary N) is 3. The molecule has 10 heteroatoms. The Bertz CT molecular complexity index is 491. The monoisotopic (exact) mass is 290 g/mol. The number of aliphatic hydroxyl groups excluding tert-OH is 2. The Kier molecular flexibility index (Phi) is 4.18. The SMILES string of the molecule is N[C@@H]1C[C@H](N)[C@@H](OCc2n[nH]c(=S)n2N)[C@H](O)[C@H]1O. The van der Waals surface area contributed by atoms with E-state index in [2.05, 4.69) is 10.2 Å². The van der Waals surface area contributed by atoms with Gasteiger partial charge in [0.25, 0.3) is 0 Å². The van der Waals surface area contributed by atoms with E-state index in [1.807, 2.05) is 0 Å². The molecule has 1 aliphatic carbocycles. The summed E-state index contributed by atoms with van der Waals surface area (Å²) >= 11 is 4.86. The molecule has 9 N–H and O–H groups in total. The molecule has 0 amide bonds. The van der Waals surface area contributed by atoms with Gasteiger partial charge in [-0.05, 0) is 18.6 Å². The van der Waals surface area contributed by atoms with Gasteiger partial charge in [0.2, 0.25) is 4.77 Å². The van der Waals surface area contributed by atoms with Crippen LogP contribution in [0.4, 0.5) is 0 Å². The van der Waals surface area contributed by atoms with Gasteiger partial charge in [0, 0.05) is 12.1 Å². The van der Waals surface area contributed by atoms with Gasteiger partial charge in [-0.3, -0.25) is 5.10 Å². The summed E-state index contributed by atoms with van der Waals surface area (Å²) in [5, 5.41) is 26.0. The molecular formula is C9H18N6O3S. The first-order valence-electron chi connectivity index (χ1n) is 5.82. The molecule has 0 unspecified atom stereocenters. The van der Waals surface area contributed by atoms with Crippen LogP contribution in [0.1, 0.15) is 12.2 Å². The summed E-state index contributed by atoms with van der Waals surface area (Å²) in [5.41, 5.74) is 11.5. The van der Waals surface area contributed by atoms with E-state index < -0.39 is 30.4 Å². The maximum atomic E-state index is 9.91. The second-order valence-electron chi connectivity index (χ2n) is 4.64. The number of aliphatic hydroxyl groups is 2. The number of nitrogens with one attached hydrogen (secondary N) is 1. The Morgan fingerprint density at radius 1 is 1.37 bits per heavy atom. The van der Waals surface area contributed by atoms with Crippen molar-refractivity contribution in [2.24, 2.45) is 11.5 Å². The second-order valence-corrected chi connectivity index (χ2v) is 5.02. The Balaban J connectivity index is 2.02. The van der Waals surface area contributed by atoms with E-state index in [-0.39, 0.29) is 11.4 Å². The summed E-state index contributed by atoms with van der Waals surface area (Å²) in [6.07, 6.45) is -2.59. The number of aromatic nitrogens is 3. The maximum absolute atomic E-state index is 9.91. The summed E-state index contributed by atoms with van der Waals surface area (Å²) in [7, 11) is 0. The Morgan fingerprint density at radius 3 is 2.63 bits per heavy atom. The molecule has 0 aromatic carbocycles. The van der Waals surface area contributed by atoms with Crippen LogP contribution in [0.25, 0.3) is 0 Å². The molecule has 1 heterocycles. The average Bonchev–Trinajstić information content (AvgIpc) is 2.68. The molecule has 1 fully saturated rings. The van der Waals surface area contributed by atoms with Crippen LogP contribution >= 0.6 is 12.2 Å². The van der Waals surface area contributed by atoms with Crippen LogP contribution in [-0.2, 0) is 11.3 Å². The first-order valence-corrected chi connectivity index (χ1v) is 6.23. The fourth-order valence-corrected chi connectivity index (χ4v) is 2.27. The van der Waals surface area contributed by atoms with Crippen molar-refractivity contribution in [2.75, 3.05) is 5.84 Å². The highest BCUT2D eigenvalue weighted by Gasteiger charge is 2.41. The molecule has 1 aromatic heterocycles. The molecule has 0 radical (unpaired) electrons. The number of aromatic amines is 1. The smallest absolute Gasteiger partial charge is 0.214 e. The minimum atomic E-state index is -1.15. The highest BCUT2D eigenvalue weighted by atomic mass is 32.1. The molecule has 1 saturated carbocycles. The van der Waals surface area contributed by atoms with Crippen molar-refractivity contribution in [3.63, 3.8) is 0 Å². The molecule has 1 aromatic rings. The number of H-pyrrole nitrogens is 1. The number of hydrogen-bond donors (Lipinski definition) is 6. The van der Waals surface area contributed by atoms with Crippen LogP contribution in [0.2, 0.25) is 0 Å². The van der Waals surface area contributed by atoms with Gasteiger partial charge in [0.15, 0.2) is 5.82 Å². The number of ether oxygens (including phenoxy) is 1. The lowest BCUT2D eigenvalue weighted by Gasteiger charge is -2.39. The quantitative estimate of drug-likeness (QED) is 0.259. The second kappa shape index (κ2) is 5.53. The third kappa shape index (κ3) is 2.78. The topological polar surface area (TPSA) is 161 Å². The Labute approximate surface area is 114 Å². The summed E-state index contributed by atoms with van der Waals surface area (Å²) in [6.45, 7) is 0.0149. The van der Waals surface area contributed by atoms with Crippen molar-refractivity contribution in [3.8, 4) is 0 Å². The summed E-state index contributed by atoms with van der Waals surface area (Å²) < 4.78 is 6.91. The summed E-state index contributed by atoms with van der Waals surface area (Å²) in [6, 6.07) is -1.03. The fourth-order valence-electron chi connectivity index (χ4n) is 2.12. The van der Waals surface area contributed by atoms with Crippen LogP contribution in [0.3, 0.4) is 0 Å². The first kappa shape index (κ1) is 14.4. The van der Waals surface area contributed by atoms with Gasteiger partial charge in [-0.25, -0.2) is 4.68 Å². The molecule has 5 atom stereocenters. The lowest BCUT2D eigenvalue weighted by atomic mass is 9.85. The van der Waals surface area contributed by atoms with Crippen molar-refractivity contribution < 1.29 is 14.9 Å². The number of nitrogen functional groups attached to an aromatic ring is 1. The summed E-state index contributed by atoms with van der Waals surface area (Å²) in [5.74, 6) is 5.98. The standard InChI is InChI=1S/C9H18N6O3S/c10-3-1-4(11)8(7(17)6(3)16)18-2-5-13-14-9(19)15(5)12/h3-4,6-8,16-17H,1-2,10-12H2,(H,14,19)/t3-,4+,6+,7-,8-/m1/s1. The Hall–Kier alpha value is -1.04. The fraction of sp³-hybridized carbons (Fsp3) is 0.778. The van der Waals surface area contributed by atoms with Crippen LogP contribution < -0.4 is 17.3 Å². The molecule has 19 heavy (non-hydrogen) atoms. The molecular weight excluding hydrogens is 272 g/mol. The van der Waals surface area contributed by atoms with Gasteiger partial charge in [-0.2, -0.15) is 5.10 Å². The molecule has 0 aliphatic heterocycles. The molecule has 108 valence electrons. The van der Waals surface area contributed by atoms with E-state index in [9.17, 15) is 10.2 Å². The minimum absolute atomic E-state index is 0.0149. The molecule has 0 bridgehead atoms. The zero-order valence-corrected chi connectivity index (χ0v) is 11.0. The van der Waals surface area contributed by atoms with E-state index in [1.54, 1.807) is 0 Å². The minimum Gasteiger partial charge on any atom is -0.389 e. The van der Waals surface area contributed by atoms with Gasteiger partial charge in [-0.15, -0.1) is 0 Å². The normalized spacial score (nSPS) is 35.5. The lowest BCUT2D eigenvalue weighted by molar-refractivity contribution is -0.133. The van der Waals surface area contributed by atoms with E-state index in [0.717, 1.165) is 4.68 Å². The third-order valence-corrected chi connectivity index (χ3v) is 3.56. The highest BCUT2D eigenvalue weighted by Crippen LogP contribution is 2.21. The highest BCUT2D eigenvalue weighted by molar-refractivity contribution is 7.71. The van der Waals surface area contributed by atoms with Crippen LogP contribution in [0.15, 0.2) is 0 Å². The van der Waals surface area contributed by atoms with Crippen molar-refractivity contribution >= 4 is 12.2 Å². The van der Waals surface area contributed by atoms with Crippen LogP contribution in [-0.4, -0.2) is 55.5 Å². The zero-order chi connectivity index (χ0) is 14.2. The third-order valence-electron chi connectivity index (χ3n) is 3.27. The van der Waals surface area contributed by atoms with E-state index in [0.29, 0.717) is 12.2 Å². The van der Waals surface area contributed by atoms with Crippen molar-refractivity contribution in [3.05, 3.63) is 10.6 Å². The lowest BCUT2D eigenvalue weighted by Crippen LogP contribution is -2.61. The van der Waals surface area contributed by atoms with E-state index >= 15 is 0 Å². The largest absolute Gasteiger partial charge is 0.389 e. The van der Waals surface area contributed by atoms with Crippen molar-refractivity contribution in [1.82, 2.24) is 14.9 Å². The van der Waals surface area contributed by atoms with Gasteiger partial charge in [-0.1, -0.05) is 0 Å². The van der Waals surface area contributed by atoms with Crippen LogP contribution in [0, 0.1) is 4.77 Å². The van der Waals surface area contributed by atoms with Gasteiger partial charge in [0.05, 0.1) is 6.10 Å². The van der Waals surface area contributed by atoms with Gasteiger partial charge in [0.1, 0.15) is 18.8 Å². The van der Waals surface area contributed by atoms with Gasteiger partial charge >= 0.3 is 0 Å². The summed E-state index contributed by atoms with van der Waals surface area (Å²) in [4.78, 5) is 0. The average molecular weight is 290 g/mol.